The Kier molecular flexibility index (Phi) is 4.87. The van der Waals surface area contributed by atoms with Crippen molar-refractivity contribution in [3.63, 3.8) is 0 Å². The maximum absolute atomic E-state index is 12.7. The molecule has 5 atom stereocenters. The molecule has 2 heterocycles. The van der Waals surface area contributed by atoms with Crippen LogP contribution in [-0.2, 0) is 14.2 Å². The number of aliphatic hydroxyl groups is 2. The Balaban J connectivity index is 1.78. The highest BCUT2D eigenvalue weighted by molar-refractivity contribution is 5.96. The van der Waals surface area contributed by atoms with Crippen LogP contribution in [0.3, 0.4) is 0 Å². The third-order valence-electron chi connectivity index (χ3n) is 4.64. The van der Waals surface area contributed by atoms with Gasteiger partial charge in [-0.1, -0.05) is 17.7 Å². The predicted octanol–water partition coefficient (Wildman–Crippen LogP) is 0.631. The van der Waals surface area contributed by atoms with Gasteiger partial charge in [-0.3, -0.25) is 4.79 Å². The van der Waals surface area contributed by atoms with E-state index in [1.54, 1.807) is 19.9 Å². The van der Waals surface area contributed by atoms with Gasteiger partial charge >= 0.3 is 0 Å². The second-order valence-electron chi connectivity index (χ2n) is 7.17. The molecule has 2 saturated heterocycles. The lowest BCUT2D eigenvalue weighted by atomic mass is 10.0. The maximum Gasteiger partial charge on any atom is 0.251 e. The number of aryl methyl sites for hydroxylation is 2. The summed E-state index contributed by atoms with van der Waals surface area (Å²) < 4.78 is 16.7. The number of hydrogen-bond acceptors (Lipinski definition) is 6. The van der Waals surface area contributed by atoms with E-state index in [9.17, 15) is 15.0 Å². The van der Waals surface area contributed by atoms with Gasteiger partial charge in [0.15, 0.2) is 12.1 Å². The first-order chi connectivity index (χ1) is 11.7. The zero-order chi connectivity index (χ0) is 18.4. The number of hydrogen-bond donors (Lipinski definition) is 3. The molecule has 0 spiro atoms. The standard InChI is InChI=1S/C18H25NO6/c1-9-5-6-10(2)11(7-9)16(21)19-13-14(20)17(22)24-15(13)12-8-23-18(3,4)25-12/h5-7,12-15,17,20,22H,8H2,1-4H3,(H,19,21)/t12-,13+,14-,15-,17+/m1/s1. The van der Waals surface area contributed by atoms with Gasteiger partial charge in [0.1, 0.15) is 18.3 Å². The Hall–Kier alpha value is -1.51. The predicted molar refractivity (Wildman–Crippen MR) is 89.0 cm³/mol. The van der Waals surface area contributed by atoms with Crippen molar-refractivity contribution in [2.45, 2.75) is 64.1 Å². The fourth-order valence-electron chi connectivity index (χ4n) is 3.27. The Labute approximate surface area is 146 Å². The van der Waals surface area contributed by atoms with Crippen LogP contribution in [0.25, 0.3) is 0 Å². The van der Waals surface area contributed by atoms with Gasteiger partial charge in [0.2, 0.25) is 0 Å². The first-order valence-corrected chi connectivity index (χ1v) is 8.39. The number of benzene rings is 1. The summed E-state index contributed by atoms with van der Waals surface area (Å²) >= 11 is 0. The molecule has 2 aliphatic rings. The number of ether oxygens (including phenoxy) is 3. The van der Waals surface area contributed by atoms with E-state index in [1.807, 2.05) is 26.0 Å². The van der Waals surface area contributed by atoms with Gasteiger partial charge in [-0.2, -0.15) is 0 Å². The minimum Gasteiger partial charge on any atom is -0.386 e. The molecule has 1 aromatic rings. The zero-order valence-electron chi connectivity index (χ0n) is 14.9. The summed E-state index contributed by atoms with van der Waals surface area (Å²) in [6, 6.07) is 4.79. The fraction of sp³-hybridized carbons (Fsp3) is 0.611. The number of carbonyl (C=O) groups is 1. The summed E-state index contributed by atoms with van der Waals surface area (Å²) in [5.74, 6) is -1.10. The second kappa shape index (κ2) is 6.66. The van der Waals surface area contributed by atoms with Crippen molar-refractivity contribution in [2.75, 3.05) is 6.61 Å². The van der Waals surface area contributed by atoms with Crippen molar-refractivity contribution in [3.8, 4) is 0 Å². The molecule has 0 bridgehead atoms. The van der Waals surface area contributed by atoms with Crippen LogP contribution >= 0.6 is 0 Å². The van der Waals surface area contributed by atoms with Crippen LogP contribution in [-0.4, -0.2) is 59.2 Å². The molecule has 1 amide bonds. The van der Waals surface area contributed by atoms with E-state index in [0.29, 0.717) is 5.56 Å². The normalized spacial score (nSPS) is 34.2. The van der Waals surface area contributed by atoms with Gasteiger partial charge in [0, 0.05) is 5.56 Å². The van der Waals surface area contributed by atoms with Gasteiger partial charge in [-0.05, 0) is 39.3 Å². The van der Waals surface area contributed by atoms with Gasteiger partial charge in [0.05, 0.1) is 12.6 Å². The monoisotopic (exact) mass is 351 g/mol. The van der Waals surface area contributed by atoms with Gasteiger partial charge in [0.25, 0.3) is 5.91 Å². The number of rotatable bonds is 3. The van der Waals surface area contributed by atoms with Crippen LogP contribution in [0.4, 0.5) is 0 Å². The molecule has 2 aliphatic heterocycles. The molecule has 0 unspecified atom stereocenters. The molecule has 0 aromatic heterocycles. The van der Waals surface area contributed by atoms with Crippen LogP contribution < -0.4 is 5.32 Å². The highest BCUT2D eigenvalue weighted by atomic mass is 16.8. The minimum absolute atomic E-state index is 0.257. The van der Waals surface area contributed by atoms with E-state index in [0.717, 1.165) is 11.1 Å². The quantitative estimate of drug-likeness (QED) is 0.739. The number of aliphatic hydroxyl groups excluding tert-OH is 2. The van der Waals surface area contributed by atoms with Crippen molar-refractivity contribution in [2.24, 2.45) is 0 Å². The van der Waals surface area contributed by atoms with E-state index in [4.69, 9.17) is 14.2 Å². The van der Waals surface area contributed by atoms with Gasteiger partial charge in [-0.15, -0.1) is 0 Å². The van der Waals surface area contributed by atoms with Crippen molar-refractivity contribution in [1.29, 1.82) is 0 Å². The Morgan fingerprint density at radius 2 is 2.00 bits per heavy atom. The van der Waals surface area contributed by atoms with Crippen molar-refractivity contribution in [1.82, 2.24) is 5.32 Å². The molecule has 0 aliphatic carbocycles. The lowest BCUT2D eigenvalue weighted by Crippen LogP contribution is -2.52. The van der Waals surface area contributed by atoms with Crippen molar-refractivity contribution < 1.29 is 29.2 Å². The number of carbonyl (C=O) groups excluding carboxylic acids is 1. The fourth-order valence-corrected chi connectivity index (χ4v) is 3.27. The molecule has 7 nitrogen and oxygen atoms in total. The topological polar surface area (TPSA) is 97.3 Å². The molecule has 0 radical (unpaired) electrons. The Bertz CT molecular complexity index is 661. The van der Waals surface area contributed by atoms with E-state index in [2.05, 4.69) is 5.32 Å². The van der Waals surface area contributed by atoms with Gasteiger partial charge < -0.3 is 29.7 Å². The SMILES string of the molecule is Cc1ccc(C)c(C(=O)N[C@H]2[C@@H](O)[C@@H](O)O[C@@H]2[C@H]2COC(C)(C)O2)c1. The van der Waals surface area contributed by atoms with E-state index in [-0.39, 0.29) is 12.5 Å². The van der Waals surface area contributed by atoms with Crippen molar-refractivity contribution >= 4 is 5.91 Å². The van der Waals surface area contributed by atoms with Crippen LogP contribution in [0.1, 0.15) is 35.3 Å². The minimum atomic E-state index is -1.39. The molecule has 7 heteroatoms. The van der Waals surface area contributed by atoms with Crippen LogP contribution in [0.2, 0.25) is 0 Å². The van der Waals surface area contributed by atoms with Crippen molar-refractivity contribution in [3.05, 3.63) is 34.9 Å². The maximum atomic E-state index is 12.7. The Morgan fingerprint density at radius 1 is 1.28 bits per heavy atom. The van der Waals surface area contributed by atoms with E-state index >= 15 is 0 Å². The van der Waals surface area contributed by atoms with E-state index < -0.39 is 36.4 Å². The second-order valence-corrected chi connectivity index (χ2v) is 7.17. The largest absolute Gasteiger partial charge is 0.386 e. The molecule has 1 aromatic carbocycles. The van der Waals surface area contributed by atoms with Crippen LogP contribution in [0, 0.1) is 13.8 Å². The summed E-state index contributed by atoms with van der Waals surface area (Å²) in [7, 11) is 0. The summed E-state index contributed by atoms with van der Waals surface area (Å²) in [5.41, 5.74) is 2.32. The lowest BCUT2D eigenvalue weighted by Gasteiger charge is -2.26. The molecule has 3 rings (SSSR count). The van der Waals surface area contributed by atoms with E-state index in [1.165, 1.54) is 0 Å². The average molecular weight is 351 g/mol. The van der Waals surface area contributed by atoms with Gasteiger partial charge in [-0.25, -0.2) is 0 Å². The number of amides is 1. The lowest BCUT2D eigenvalue weighted by molar-refractivity contribution is -0.175. The smallest absolute Gasteiger partial charge is 0.251 e. The molecular formula is C18H25NO6. The third kappa shape index (κ3) is 3.70. The summed E-state index contributed by atoms with van der Waals surface area (Å²) in [4.78, 5) is 12.7. The average Bonchev–Trinajstić information content (AvgIpc) is 3.03. The number of nitrogens with one attached hydrogen (secondary N) is 1. The summed E-state index contributed by atoms with van der Waals surface area (Å²) in [6.07, 6.45) is -3.83. The molecule has 3 N–H and O–H groups in total. The molecular weight excluding hydrogens is 326 g/mol. The molecule has 0 saturated carbocycles. The highest BCUT2D eigenvalue weighted by Crippen LogP contribution is 2.31. The van der Waals surface area contributed by atoms with Crippen LogP contribution in [0.15, 0.2) is 18.2 Å². The Morgan fingerprint density at radius 3 is 2.64 bits per heavy atom. The molecule has 2 fully saturated rings. The highest BCUT2D eigenvalue weighted by Gasteiger charge is 2.51. The third-order valence-corrected chi connectivity index (χ3v) is 4.64. The van der Waals surface area contributed by atoms with Crippen LogP contribution in [0.5, 0.6) is 0 Å². The zero-order valence-corrected chi connectivity index (χ0v) is 14.9. The molecule has 138 valence electrons. The first-order valence-electron chi connectivity index (χ1n) is 8.39. The summed E-state index contributed by atoms with van der Waals surface area (Å²) in [6.45, 7) is 7.56. The summed E-state index contributed by atoms with van der Waals surface area (Å²) in [5, 5.41) is 22.9. The first kappa shape index (κ1) is 18.3. The molecule has 25 heavy (non-hydrogen) atoms.